The highest BCUT2D eigenvalue weighted by molar-refractivity contribution is 7.92. The van der Waals surface area contributed by atoms with Crippen molar-refractivity contribution in [1.82, 2.24) is 10.6 Å². The summed E-state index contributed by atoms with van der Waals surface area (Å²) in [6, 6.07) is 13.1. The van der Waals surface area contributed by atoms with Crippen LogP contribution in [-0.4, -0.2) is 34.0 Å². The first-order chi connectivity index (χ1) is 13.0. The van der Waals surface area contributed by atoms with Gasteiger partial charge < -0.3 is 10.6 Å². The van der Waals surface area contributed by atoms with Gasteiger partial charge in [-0.2, -0.15) is 0 Å². The lowest BCUT2D eigenvalue weighted by Gasteiger charge is -2.14. The number of rotatable bonds is 6. The van der Waals surface area contributed by atoms with Gasteiger partial charge in [-0.15, -0.1) is 12.4 Å². The fourth-order valence-corrected chi connectivity index (χ4v) is 3.93. The number of hydrogen-bond donors (Lipinski definition) is 3. The maximum Gasteiger partial charge on any atom is 0.261 e. The highest BCUT2D eigenvalue weighted by atomic mass is 35.5. The zero-order chi connectivity index (χ0) is 19.3. The molecule has 1 amide bonds. The normalized spacial score (nSPS) is 13.8. The molecule has 1 heterocycles. The molecule has 6 nitrogen and oxygen atoms in total. The minimum atomic E-state index is -3.71. The summed E-state index contributed by atoms with van der Waals surface area (Å²) in [5.41, 5.74) is 3.00. The quantitative estimate of drug-likeness (QED) is 0.626. The Hall–Kier alpha value is -2.35. The van der Waals surface area contributed by atoms with E-state index in [2.05, 4.69) is 21.4 Å². The van der Waals surface area contributed by atoms with Crippen LogP contribution in [0.3, 0.4) is 0 Å². The summed E-state index contributed by atoms with van der Waals surface area (Å²) < 4.78 is 27.7. The molecule has 8 heteroatoms. The molecule has 28 heavy (non-hydrogen) atoms. The summed E-state index contributed by atoms with van der Waals surface area (Å²) in [5, 5.41) is 6.10. The molecule has 1 aliphatic rings. The Morgan fingerprint density at radius 2 is 1.82 bits per heavy atom. The molecule has 0 bridgehead atoms. The Labute approximate surface area is 171 Å². The van der Waals surface area contributed by atoms with Gasteiger partial charge in [0, 0.05) is 18.7 Å². The smallest absolute Gasteiger partial charge is 0.261 e. The average Bonchev–Trinajstić information content (AvgIpc) is 2.69. The van der Waals surface area contributed by atoms with Crippen molar-refractivity contribution < 1.29 is 13.2 Å². The van der Waals surface area contributed by atoms with Crippen molar-refractivity contribution in [3.63, 3.8) is 0 Å². The number of para-hydroxylation sites is 1. The van der Waals surface area contributed by atoms with Crippen LogP contribution in [0, 0.1) is 6.92 Å². The van der Waals surface area contributed by atoms with E-state index in [1.165, 1.54) is 29.8 Å². The van der Waals surface area contributed by atoms with Crippen LogP contribution in [0.1, 0.15) is 22.3 Å². The molecular formula is C20H24ClN3O3S. The Morgan fingerprint density at radius 1 is 1.11 bits per heavy atom. The van der Waals surface area contributed by atoms with Gasteiger partial charge in [0.25, 0.3) is 15.9 Å². The predicted molar refractivity (Wildman–Crippen MR) is 114 cm³/mol. The molecule has 0 aliphatic carbocycles. The number of nitrogens with one attached hydrogen (secondary N) is 3. The van der Waals surface area contributed by atoms with Crippen molar-refractivity contribution >= 4 is 34.0 Å². The maximum atomic E-state index is 12.5. The summed E-state index contributed by atoms with van der Waals surface area (Å²) >= 11 is 0. The summed E-state index contributed by atoms with van der Waals surface area (Å²) in [4.78, 5) is 12.4. The van der Waals surface area contributed by atoms with Crippen molar-refractivity contribution in [2.45, 2.75) is 18.2 Å². The van der Waals surface area contributed by atoms with Gasteiger partial charge in [0.15, 0.2) is 0 Å². The molecule has 0 radical (unpaired) electrons. The number of amides is 1. The number of carbonyl (C=O) groups is 1. The van der Waals surface area contributed by atoms with Gasteiger partial charge in [0.1, 0.15) is 0 Å². The monoisotopic (exact) mass is 421 g/mol. The van der Waals surface area contributed by atoms with E-state index in [1.54, 1.807) is 12.1 Å². The molecule has 0 saturated carbocycles. The minimum absolute atomic E-state index is 0. The first-order valence-corrected chi connectivity index (χ1v) is 10.3. The largest absolute Gasteiger partial charge is 0.348 e. The topological polar surface area (TPSA) is 87.3 Å². The molecule has 2 aromatic carbocycles. The Morgan fingerprint density at radius 3 is 2.46 bits per heavy atom. The minimum Gasteiger partial charge on any atom is -0.348 e. The van der Waals surface area contributed by atoms with Gasteiger partial charge >= 0.3 is 0 Å². The van der Waals surface area contributed by atoms with Crippen LogP contribution >= 0.6 is 12.4 Å². The van der Waals surface area contributed by atoms with Crippen molar-refractivity contribution in [3.05, 3.63) is 71.3 Å². The Balaban J connectivity index is 0.00000280. The van der Waals surface area contributed by atoms with E-state index >= 15 is 0 Å². The average molecular weight is 422 g/mol. The number of anilines is 1. The van der Waals surface area contributed by atoms with E-state index in [1.807, 2.05) is 19.1 Å². The van der Waals surface area contributed by atoms with Gasteiger partial charge in [-0.05, 0) is 55.8 Å². The van der Waals surface area contributed by atoms with Crippen molar-refractivity contribution in [3.8, 4) is 0 Å². The molecule has 3 rings (SSSR count). The second kappa shape index (κ2) is 9.73. The molecule has 2 aromatic rings. The fraction of sp³-hybridized carbons (Fsp3) is 0.250. The van der Waals surface area contributed by atoms with E-state index in [-0.39, 0.29) is 23.2 Å². The summed E-state index contributed by atoms with van der Waals surface area (Å²) in [6.45, 7) is 4.09. The molecule has 1 aliphatic heterocycles. The van der Waals surface area contributed by atoms with Crippen molar-refractivity contribution in [1.29, 1.82) is 0 Å². The first kappa shape index (κ1) is 21.9. The van der Waals surface area contributed by atoms with Crippen molar-refractivity contribution in [2.75, 3.05) is 24.4 Å². The predicted octanol–water partition coefficient (Wildman–Crippen LogP) is 2.87. The Bertz CT molecular complexity index is 957. The highest BCUT2D eigenvalue weighted by Gasteiger charge is 2.16. The molecule has 0 unspecified atom stereocenters. The highest BCUT2D eigenvalue weighted by Crippen LogP contribution is 2.19. The summed E-state index contributed by atoms with van der Waals surface area (Å²) in [7, 11) is -3.71. The van der Waals surface area contributed by atoms with Crippen molar-refractivity contribution in [2.24, 2.45) is 0 Å². The van der Waals surface area contributed by atoms with Crippen LogP contribution in [0.5, 0.6) is 0 Å². The van der Waals surface area contributed by atoms with Gasteiger partial charge in [-0.3, -0.25) is 9.52 Å². The standard InChI is InChI=1S/C20H23N3O3S.ClH/c1-15-4-2-3-5-19(15)23-27(25,26)18-8-6-17(7-9-18)20(24)22-14-16-10-12-21-13-11-16;/h2-10,21,23H,11-14H2,1H3,(H,22,24);1H. The number of sulfonamides is 1. The number of carbonyl (C=O) groups excluding carboxylic acids is 1. The molecule has 0 atom stereocenters. The van der Waals surface area contributed by atoms with Crippen LogP contribution in [-0.2, 0) is 10.0 Å². The fourth-order valence-electron chi connectivity index (χ4n) is 2.80. The van der Waals surface area contributed by atoms with E-state index in [0.717, 1.165) is 25.1 Å². The third-order valence-electron chi connectivity index (χ3n) is 4.45. The van der Waals surface area contributed by atoms with E-state index in [0.29, 0.717) is 17.8 Å². The van der Waals surface area contributed by atoms with E-state index < -0.39 is 10.0 Å². The SMILES string of the molecule is Cc1ccccc1NS(=O)(=O)c1ccc(C(=O)NCC2=CCNCC2)cc1.Cl. The summed E-state index contributed by atoms with van der Waals surface area (Å²) in [5.74, 6) is -0.217. The first-order valence-electron chi connectivity index (χ1n) is 8.81. The van der Waals surface area contributed by atoms with Crippen LogP contribution in [0.25, 0.3) is 0 Å². The van der Waals surface area contributed by atoms with Gasteiger partial charge in [0.05, 0.1) is 10.6 Å². The molecule has 0 saturated heterocycles. The third-order valence-corrected chi connectivity index (χ3v) is 5.83. The third kappa shape index (κ3) is 5.58. The zero-order valence-corrected chi connectivity index (χ0v) is 17.2. The number of hydrogen-bond acceptors (Lipinski definition) is 4. The van der Waals surface area contributed by atoms with E-state index in [4.69, 9.17) is 0 Å². The maximum absolute atomic E-state index is 12.5. The summed E-state index contributed by atoms with van der Waals surface area (Å²) in [6.07, 6.45) is 3.00. The lowest BCUT2D eigenvalue weighted by atomic mass is 10.1. The second-order valence-electron chi connectivity index (χ2n) is 6.44. The molecule has 3 N–H and O–H groups in total. The molecule has 0 aromatic heterocycles. The molecule has 150 valence electrons. The zero-order valence-electron chi connectivity index (χ0n) is 15.6. The number of halogens is 1. The molecular weight excluding hydrogens is 398 g/mol. The second-order valence-corrected chi connectivity index (χ2v) is 8.13. The van der Waals surface area contributed by atoms with Crippen LogP contribution in [0.4, 0.5) is 5.69 Å². The van der Waals surface area contributed by atoms with Gasteiger partial charge in [0.2, 0.25) is 0 Å². The molecule has 0 spiro atoms. The Kier molecular flexibility index (Phi) is 7.62. The lowest BCUT2D eigenvalue weighted by molar-refractivity contribution is 0.0956. The molecule has 0 fully saturated rings. The van der Waals surface area contributed by atoms with Crippen LogP contribution in [0.2, 0.25) is 0 Å². The van der Waals surface area contributed by atoms with E-state index in [9.17, 15) is 13.2 Å². The number of aryl methyl sites for hydroxylation is 1. The van der Waals surface area contributed by atoms with Crippen LogP contribution in [0.15, 0.2) is 65.1 Å². The lowest BCUT2D eigenvalue weighted by Crippen LogP contribution is -2.29. The van der Waals surface area contributed by atoms with Gasteiger partial charge in [-0.25, -0.2) is 8.42 Å². The van der Waals surface area contributed by atoms with Gasteiger partial charge in [-0.1, -0.05) is 29.8 Å². The number of benzene rings is 2. The van der Waals surface area contributed by atoms with Crippen LogP contribution < -0.4 is 15.4 Å².